The zero-order chi connectivity index (χ0) is 14.2. The first-order chi connectivity index (χ1) is 9.57. The van der Waals surface area contributed by atoms with Crippen molar-refractivity contribution in [2.75, 3.05) is 24.6 Å². The van der Waals surface area contributed by atoms with E-state index in [-0.39, 0.29) is 5.60 Å². The lowest BCUT2D eigenvalue weighted by Crippen LogP contribution is -2.48. The van der Waals surface area contributed by atoms with Crippen LogP contribution in [-0.4, -0.2) is 39.4 Å². The van der Waals surface area contributed by atoms with Gasteiger partial charge in [0.05, 0.1) is 19.3 Å². The molecule has 1 atom stereocenters. The molecule has 6 heteroatoms. The summed E-state index contributed by atoms with van der Waals surface area (Å²) in [7, 11) is 1.92. The zero-order valence-electron chi connectivity index (χ0n) is 12.1. The molecule has 3 heterocycles. The van der Waals surface area contributed by atoms with E-state index in [1.165, 1.54) is 0 Å². The Balaban J connectivity index is 1.86. The Morgan fingerprint density at radius 3 is 2.90 bits per heavy atom. The van der Waals surface area contributed by atoms with Crippen molar-refractivity contribution in [3.63, 3.8) is 0 Å². The van der Waals surface area contributed by atoms with E-state index in [2.05, 4.69) is 26.9 Å². The maximum absolute atomic E-state index is 6.01. The second-order valence-electron chi connectivity index (χ2n) is 5.42. The van der Waals surface area contributed by atoms with Crippen LogP contribution in [0.25, 0.3) is 0 Å². The standard InChI is InChI=1S/C14H19N5O/c1-11-6-13(16-10-15-11)19-4-5-20-14(2,9-19)12-7-17-18(3)8-12/h6-8,10H,4-5,9H2,1-3H3. The molecule has 1 unspecified atom stereocenters. The van der Waals surface area contributed by atoms with Gasteiger partial charge in [-0.1, -0.05) is 0 Å². The molecule has 6 nitrogen and oxygen atoms in total. The van der Waals surface area contributed by atoms with Crippen LogP contribution in [-0.2, 0) is 17.4 Å². The summed E-state index contributed by atoms with van der Waals surface area (Å²) in [5, 5.41) is 4.24. The van der Waals surface area contributed by atoms with E-state index < -0.39 is 0 Å². The number of morpholine rings is 1. The molecule has 1 saturated heterocycles. The van der Waals surface area contributed by atoms with Crippen molar-refractivity contribution < 1.29 is 4.74 Å². The molecule has 3 rings (SSSR count). The predicted molar refractivity (Wildman–Crippen MR) is 75.5 cm³/mol. The number of hydrogen-bond donors (Lipinski definition) is 0. The van der Waals surface area contributed by atoms with Crippen molar-refractivity contribution in [1.29, 1.82) is 0 Å². The van der Waals surface area contributed by atoms with Crippen LogP contribution in [0.3, 0.4) is 0 Å². The average Bonchev–Trinajstić information content (AvgIpc) is 2.86. The highest BCUT2D eigenvalue weighted by molar-refractivity contribution is 5.40. The van der Waals surface area contributed by atoms with Gasteiger partial charge in [0, 0.05) is 37.1 Å². The fourth-order valence-corrected chi connectivity index (χ4v) is 2.55. The second-order valence-corrected chi connectivity index (χ2v) is 5.42. The first-order valence-electron chi connectivity index (χ1n) is 6.73. The lowest BCUT2D eigenvalue weighted by atomic mass is 9.97. The van der Waals surface area contributed by atoms with E-state index in [9.17, 15) is 0 Å². The highest BCUT2D eigenvalue weighted by Gasteiger charge is 2.35. The van der Waals surface area contributed by atoms with Gasteiger partial charge in [-0.05, 0) is 13.8 Å². The predicted octanol–water partition coefficient (Wildman–Crippen LogP) is 1.27. The van der Waals surface area contributed by atoms with Gasteiger partial charge in [0.2, 0.25) is 0 Å². The summed E-state index contributed by atoms with van der Waals surface area (Å²) < 4.78 is 7.81. The quantitative estimate of drug-likeness (QED) is 0.825. The van der Waals surface area contributed by atoms with Crippen molar-refractivity contribution in [3.8, 4) is 0 Å². The molecule has 1 fully saturated rings. The normalized spacial score (nSPS) is 23.1. The van der Waals surface area contributed by atoms with E-state index in [4.69, 9.17) is 4.74 Å². The summed E-state index contributed by atoms with van der Waals surface area (Å²) in [5.74, 6) is 0.955. The number of nitrogens with zero attached hydrogens (tertiary/aromatic N) is 5. The van der Waals surface area contributed by atoms with Crippen molar-refractivity contribution in [3.05, 3.63) is 36.0 Å². The van der Waals surface area contributed by atoms with Crippen molar-refractivity contribution >= 4 is 5.82 Å². The third kappa shape index (κ3) is 2.38. The van der Waals surface area contributed by atoms with Gasteiger partial charge in [-0.15, -0.1) is 0 Å². The third-order valence-corrected chi connectivity index (χ3v) is 3.70. The summed E-state index contributed by atoms with van der Waals surface area (Å²) >= 11 is 0. The molecule has 20 heavy (non-hydrogen) atoms. The molecule has 106 valence electrons. The van der Waals surface area contributed by atoms with Crippen LogP contribution in [0.5, 0.6) is 0 Å². The topological polar surface area (TPSA) is 56.1 Å². The second kappa shape index (κ2) is 4.86. The Labute approximate surface area is 118 Å². The van der Waals surface area contributed by atoms with Crippen LogP contribution in [0.1, 0.15) is 18.2 Å². The monoisotopic (exact) mass is 273 g/mol. The number of hydrogen-bond acceptors (Lipinski definition) is 5. The van der Waals surface area contributed by atoms with Gasteiger partial charge in [0.15, 0.2) is 0 Å². The molecule has 2 aromatic rings. The maximum atomic E-state index is 6.01. The fourth-order valence-electron chi connectivity index (χ4n) is 2.55. The fraction of sp³-hybridized carbons (Fsp3) is 0.500. The molecule has 0 saturated carbocycles. The van der Waals surface area contributed by atoms with Gasteiger partial charge in [-0.2, -0.15) is 5.10 Å². The summed E-state index contributed by atoms with van der Waals surface area (Å²) in [6.07, 6.45) is 5.49. The molecule has 0 aliphatic carbocycles. The van der Waals surface area contributed by atoms with E-state index >= 15 is 0 Å². The SMILES string of the molecule is Cc1cc(N2CCOC(C)(c3cnn(C)c3)C2)ncn1. The third-order valence-electron chi connectivity index (χ3n) is 3.70. The van der Waals surface area contributed by atoms with Crippen LogP contribution in [0.4, 0.5) is 5.82 Å². The van der Waals surface area contributed by atoms with Crippen LogP contribution in [0.15, 0.2) is 24.8 Å². The summed E-state index contributed by atoms with van der Waals surface area (Å²) in [6.45, 7) is 6.35. The van der Waals surface area contributed by atoms with E-state index in [1.807, 2.05) is 32.4 Å². The van der Waals surface area contributed by atoms with E-state index in [1.54, 1.807) is 11.0 Å². The van der Waals surface area contributed by atoms with E-state index in [0.29, 0.717) is 6.61 Å². The van der Waals surface area contributed by atoms with Crippen LogP contribution < -0.4 is 4.90 Å². The lowest BCUT2D eigenvalue weighted by molar-refractivity contribution is -0.0468. The van der Waals surface area contributed by atoms with Crippen molar-refractivity contribution in [1.82, 2.24) is 19.7 Å². The molecule has 1 aliphatic heterocycles. The molecule has 0 bridgehead atoms. The molecular formula is C14H19N5O. The van der Waals surface area contributed by atoms with Crippen molar-refractivity contribution in [2.45, 2.75) is 19.4 Å². The van der Waals surface area contributed by atoms with Crippen LogP contribution >= 0.6 is 0 Å². The van der Waals surface area contributed by atoms with Gasteiger partial charge < -0.3 is 9.64 Å². The maximum Gasteiger partial charge on any atom is 0.132 e. The Hall–Kier alpha value is -1.95. The van der Waals surface area contributed by atoms with Gasteiger partial charge in [0.25, 0.3) is 0 Å². The number of aromatic nitrogens is 4. The molecule has 1 aliphatic rings. The first-order valence-corrected chi connectivity index (χ1v) is 6.73. The lowest BCUT2D eigenvalue weighted by Gasteiger charge is -2.40. The van der Waals surface area contributed by atoms with Crippen LogP contribution in [0.2, 0.25) is 0 Å². The Morgan fingerprint density at radius 1 is 1.35 bits per heavy atom. The minimum absolute atomic E-state index is 0.356. The Morgan fingerprint density at radius 2 is 2.20 bits per heavy atom. The van der Waals surface area contributed by atoms with Crippen molar-refractivity contribution in [2.24, 2.45) is 7.05 Å². The van der Waals surface area contributed by atoms with Gasteiger partial charge in [0.1, 0.15) is 17.7 Å². The van der Waals surface area contributed by atoms with E-state index in [0.717, 1.165) is 30.2 Å². The largest absolute Gasteiger partial charge is 0.367 e. The summed E-state index contributed by atoms with van der Waals surface area (Å²) in [6, 6.07) is 2.01. The molecule has 0 aromatic carbocycles. The molecule has 0 radical (unpaired) electrons. The molecule has 0 spiro atoms. The molecular weight excluding hydrogens is 254 g/mol. The Kier molecular flexibility index (Phi) is 3.17. The minimum Gasteiger partial charge on any atom is -0.367 e. The van der Waals surface area contributed by atoms with Crippen LogP contribution in [0, 0.1) is 6.92 Å². The Bertz CT molecular complexity index is 611. The van der Waals surface area contributed by atoms with Gasteiger partial charge in [-0.25, -0.2) is 9.97 Å². The minimum atomic E-state index is -0.356. The molecule has 0 amide bonds. The molecule has 2 aromatic heterocycles. The smallest absolute Gasteiger partial charge is 0.132 e. The number of aryl methyl sites for hydroxylation is 2. The summed E-state index contributed by atoms with van der Waals surface area (Å²) in [4.78, 5) is 10.8. The number of anilines is 1. The summed E-state index contributed by atoms with van der Waals surface area (Å²) in [5.41, 5.74) is 1.71. The number of rotatable bonds is 2. The van der Waals surface area contributed by atoms with Gasteiger partial charge >= 0.3 is 0 Å². The molecule has 0 N–H and O–H groups in total. The average molecular weight is 273 g/mol. The number of ether oxygens (including phenoxy) is 1. The van der Waals surface area contributed by atoms with Gasteiger partial charge in [-0.3, -0.25) is 4.68 Å². The highest BCUT2D eigenvalue weighted by Crippen LogP contribution is 2.30. The first kappa shape index (κ1) is 13.1. The highest BCUT2D eigenvalue weighted by atomic mass is 16.5. The zero-order valence-corrected chi connectivity index (χ0v) is 12.1.